The largest absolute Gasteiger partial charge is 0.334 e. The highest BCUT2D eigenvalue weighted by Crippen LogP contribution is 2.41. The Morgan fingerprint density at radius 1 is 0.276 bits per heavy atom. The Hall–Kier alpha value is -9.64. The second-order valence-electron chi connectivity index (χ2n) is 19.3. The predicted octanol–water partition coefficient (Wildman–Crippen LogP) is 19.7. The van der Waals surface area contributed by atoms with E-state index in [0.717, 1.165) is 58.3 Å². The summed E-state index contributed by atoms with van der Waals surface area (Å²) in [6.45, 7) is 0. The van der Waals surface area contributed by atoms with Crippen LogP contribution in [0.2, 0.25) is 0 Å². The van der Waals surface area contributed by atoms with Crippen LogP contribution < -0.4 is 19.6 Å². The van der Waals surface area contributed by atoms with Gasteiger partial charge >= 0.3 is 0 Å². The van der Waals surface area contributed by atoms with Gasteiger partial charge in [-0.1, -0.05) is 188 Å². The molecule has 2 unspecified atom stereocenters. The Bertz CT molecular complexity index is 3550. The number of anilines is 10. The van der Waals surface area contributed by atoms with Crippen molar-refractivity contribution < 1.29 is 0 Å². The molecule has 0 aromatic heterocycles. The molecule has 10 aromatic rings. The molecule has 12 rings (SSSR count). The number of hydrogen-bond acceptors (Lipinski definition) is 4. The van der Waals surface area contributed by atoms with Gasteiger partial charge in [0.05, 0.1) is 6.04 Å². The Morgan fingerprint density at radius 3 is 0.974 bits per heavy atom. The average molecular weight is 979 g/mol. The summed E-state index contributed by atoms with van der Waals surface area (Å²) >= 11 is 0. The van der Waals surface area contributed by atoms with Gasteiger partial charge in [-0.15, -0.1) is 0 Å². The van der Waals surface area contributed by atoms with E-state index in [1.165, 1.54) is 44.9 Å². The van der Waals surface area contributed by atoms with Gasteiger partial charge in [0.15, 0.2) is 0 Å². The molecule has 0 amide bonds. The fourth-order valence-electron chi connectivity index (χ4n) is 10.6. The van der Waals surface area contributed by atoms with Crippen LogP contribution in [0.3, 0.4) is 0 Å². The Morgan fingerprint density at radius 2 is 0.605 bits per heavy atom. The molecule has 0 fully saturated rings. The van der Waals surface area contributed by atoms with Gasteiger partial charge in [0, 0.05) is 68.5 Å². The molecule has 0 bridgehead atoms. The van der Waals surface area contributed by atoms with E-state index < -0.39 is 0 Å². The zero-order valence-corrected chi connectivity index (χ0v) is 42.4. The molecule has 0 saturated carbocycles. The lowest BCUT2D eigenvalue weighted by Crippen LogP contribution is -2.29. The lowest BCUT2D eigenvalue weighted by atomic mass is 9.91. The third kappa shape index (κ3) is 10.3. The van der Waals surface area contributed by atoms with Crippen molar-refractivity contribution in [3.05, 3.63) is 327 Å². The van der Waals surface area contributed by atoms with Gasteiger partial charge in [-0.2, -0.15) is 0 Å². The Balaban J connectivity index is 0.750. The molecule has 0 aliphatic heterocycles. The van der Waals surface area contributed by atoms with Crippen molar-refractivity contribution in [2.75, 3.05) is 19.6 Å². The Labute approximate surface area is 448 Å². The SMILES string of the molecule is C1=CCC(N(c2ccccc2)c2ccc(-c3ccc(N(C4=CCC(c5ccc(N(c6ccccc6)c6ccc(-c7ccc(N(c8ccccc8)c8ccccc8)cc7)cc6)cc5)C=C4)c4ccccc4)cc3)cc2)C=C1. The fourth-order valence-corrected chi connectivity index (χ4v) is 10.6. The zero-order valence-electron chi connectivity index (χ0n) is 42.4. The molecule has 366 valence electrons. The number of allylic oxidation sites excluding steroid dienone is 5. The van der Waals surface area contributed by atoms with Crippen molar-refractivity contribution in [1.29, 1.82) is 0 Å². The van der Waals surface area contributed by atoms with Gasteiger partial charge in [0.2, 0.25) is 0 Å². The molecule has 2 atom stereocenters. The number of benzene rings is 10. The lowest BCUT2D eigenvalue weighted by Gasteiger charge is -2.32. The van der Waals surface area contributed by atoms with E-state index >= 15 is 0 Å². The van der Waals surface area contributed by atoms with Crippen LogP contribution in [0.15, 0.2) is 321 Å². The summed E-state index contributed by atoms with van der Waals surface area (Å²) in [5.41, 5.74) is 18.5. The minimum Gasteiger partial charge on any atom is -0.334 e. The molecule has 4 nitrogen and oxygen atoms in total. The van der Waals surface area contributed by atoms with Crippen LogP contribution in [-0.4, -0.2) is 6.04 Å². The first-order valence-corrected chi connectivity index (χ1v) is 26.4. The van der Waals surface area contributed by atoms with Gasteiger partial charge in [0.1, 0.15) is 0 Å². The average Bonchev–Trinajstić information content (AvgIpc) is 3.51. The lowest BCUT2D eigenvalue weighted by molar-refractivity contribution is 0.785. The highest BCUT2D eigenvalue weighted by molar-refractivity contribution is 5.81. The summed E-state index contributed by atoms with van der Waals surface area (Å²) in [6, 6.07) is 98.4. The van der Waals surface area contributed by atoms with E-state index in [1.807, 2.05) is 0 Å². The first-order chi connectivity index (χ1) is 37.7. The Kier molecular flexibility index (Phi) is 13.9. The molecule has 0 N–H and O–H groups in total. The van der Waals surface area contributed by atoms with Gasteiger partial charge in [-0.3, -0.25) is 0 Å². The minimum atomic E-state index is 0.257. The van der Waals surface area contributed by atoms with Crippen LogP contribution in [0.4, 0.5) is 56.9 Å². The van der Waals surface area contributed by atoms with Crippen LogP contribution in [0, 0.1) is 0 Å². The maximum atomic E-state index is 2.43. The monoisotopic (exact) mass is 978 g/mol. The molecule has 76 heavy (non-hydrogen) atoms. The normalized spacial score (nSPS) is 14.7. The molecular weight excluding hydrogens is 921 g/mol. The molecule has 0 saturated heterocycles. The van der Waals surface area contributed by atoms with E-state index in [9.17, 15) is 0 Å². The van der Waals surface area contributed by atoms with E-state index in [0.29, 0.717) is 0 Å². The summed E-state index contributed by atoms with van der Waals surface area (Å²) in [6.07, 6.45) is 17.8. The third-order valence-corrected chi connectivity index (χ3v) is 14.5. The molecule has 2 aliphatic rings. The van der Waals surface area contributed by atoms with Crippen LogP contribution in [-0.2, 0) is 0 Å². The first kappa shape index (κ1) is 47.4. The molecule has 2 aliphatic carbocycles. The molecule has 4 heteroatoms. The smallest absolute Gasteiger partial charge is 0.0559 e. The molecule has 0 heterocycles. The van der Waals surface area contributed by atoms with Gasteiger partial charge in [-0.05, 0) is 168 Å². The van der Waals surface area contributed by atoms with Crippen LogP contribution in [0.1, 0.15) is 24.3 Å². The van der Waals surface area contributed by atoms with E-state index in [4.69, 9.17) is 0 Å². The second kappa shape index (κ2) is 22.2. The van der Waals surface area contributed by atoms with E-state index in [1.54, 1.807) is 0 Å². The molecule has 10 aromatic carbocycles. The van der Waals surface area contributed by atoms with Crippen molar-refractivity contribution in [2.45, 2.75) is 24.8 Å². The van der Waals surface area contributed by atoms with Crippen molar-refractivity contribution in [3.63, 3.8) is 0 Å². The highest BCUT2D eigenvalue weighted by Gasteiger charge is 2.22. The minimum absolute atomic E-state index is 0.257. The van der Waals surface area contributed by atoms with Gasteiger partial charge in [-0.25, -0.2) is 0 Å². The number of para-hydroxylation sites is 5. The summed E-state index contributed by atoms with van der Waals surface area (Å²) in [7, 11) is 0. The van der Waals surface area contributed by atoms with E-state index in [2.05, 4.69) is 335 Å². The summed E-state index contributed by atoms with van der Waals surface area (Å²) in [4.78, 5) is 9.44. The van der Waals surface area contributed by atoms with Crippen molar-refractivity contribution in [1.82, 2.24) is 0 Å². The maximum Gasteiger partial charge on any atom is 0.0559 e. The topological polar surface area (TPSA) is 13.0 Å². The molecule has 0 spiro atoms. The maximum absolute atomic E-state index is 2.43. The molecular formula is C72H58N4. The summed E-state index contributed by atoms with van der Waals surface area (Å²) in [5.74, 6) is 0.257. The quantitative estimate of drug-likeness (QED) is 0.101. The van der Waals surface area contributed by atoms with Crippen molar-refractivity contribution >= 4 is 56.9 Å². The summed E-state index contributed by atoms with van der Waals surface area (Å²) in [5, 5.41) is 0. The summed E-state index contributed by atoms with van der Waals surface area (Å²) < 4.78 is 0. The second-order valence-corrected chi connectivity index (χ2v) is 19.3. The van der Waals surface area contributed by atoms with Crippen LogP contribution in [0.5, 0.6) is 0 Å². The van der Waals surface area contributed by atoms with Gasteiger partial charge < -0.3 is 19.6 Å². The number of nitrogens with zero attached hydrogens (tertiary/aromatic N) is 4. The van der Waals surface area contributed by atoms with Crippen molar-refractivity contribution in [2.24, 2.45) is 0 Å². The van der Waals surface area contributed by atoms with E-state index in [-0.39, 0.29) is 12.0 Å². The number of hydrogen-bond donors (Lipinski definition) is 0. The van der Waals surface area contributed by atoms with Gasteiger partial charge in [0.25, 0.3) is 0 Å². The zero-order chi connectivity index (χ0) is 50.9. The third-order valence-electron chi connectivity index (χ3n) is 14.5. The first-order valence-electron chi connectivity index (χ1n) is 26.4. The fraction of sp³-hybridized carbons (Fsp3) is 0.0556. The predicted molar refractivity (Wildman–Crippen MR) is 322 cm³/mol. The molecule has 0 radical (unpaired) electrons. The van der Waals surface area contributed by atoms with Crippen LogP contribution in [0.25, 0.3) is 22.3 Å². The van der Waals surface area contributed by atoms with Crippen molar-refractivity contribution in [3.8, 4) is 22.3 Å². The standard InChI is InChI=1S/C72H58N4/c1-7-19-61(20-8-1)73(62-21-9-2-10-22-62)67-43-31-55(32-44-67)57-35-47-69(48-36-57)75(65-27-15-5-16-28-65)71-51-39-59(40-52-71)60-41-53-72(54-42-60)76(66-29-17-6-18-30-66)70-49-37-58(38-50-70)56-33-45-68(46-34-56)74(63-23-11-3-12-24-63)64-25-13-4-14-26-64/h1-25,27-41,43-54,60,64H,26,42H2. The number of rotatable bonds is 15. The van der Waals surface area contributed by atoms with Crippen LogP contribution >= 0.6 is 0 Å². The highest BCUT2D eigenvalue weighted by atomic mass is 15.2.